The second-order valence-corrected chi connectivity index (χ2v) is 6.07. The highest BCUT2D eigenvalue weighted by molar-refractivity contribution is 5.99. The van der Waals surface area contributed by atoms with E-state index in [0.29, 0.717) is 17.9 Å². The molecular weight excluding hydrogens is 338 g/mol. The van der Waals surface area contributed by atoms with Gasteiger partial charge in [-0.15, -0.1) is 0 Å². The first-order valence-electron chi connectivity index (χ1n) is 8.59. The summed E-state index contributed by atoms with van der Waals surface area (Å²) in [7, 11) is 0. The van der Waals surface area contributed by atoms with Crippen LogP contribution in [0.15, 0.2) is 77.9 Å². The van der Waals surface area contributed by atoms with Crippen molar-refractivity contribution < 1.29 is 9.53 Å². The smallest absolute Gasteiger partial charge is 0.273 e. The quantitative estimate of drug-likeness (QED) is 0.398. The monoisotopic (exact) mass is 359 g/mol. The van der Waals surface area contributed by atoms with Gasteiger partial charge in [0.2, 0.25) is 0 Å². The number of rotatable bonds is 6. The van der Waals surface area contributed by atoms with Crippen molar-refractivity contribution in [3.63, 3.8) is 0 Å². The van der Waals surface area contributed by atoms with Gasteiger partial charge in [0, 0.05) is 5.69 Å². The molecule has 0 saturated carbocycles. The Morgan fingerprint density at radius 3 is 2.48 bits per heavy atom. The zero-order valence-corrected chi connectivity index (χ0v) is 15.1. The van der Waals surface area contributed by atoms with E-state index in [0.717, 1.165) is 16.9 Å². The molecule has 5 nitrogen and oxygen atoms in total. The van der Waals surface area contributed by atoms with Gasteiger partial charge in [0.1, 0.15) is 12.4 Å². The summed E-state index contributed by atoms with van der Waals surface area (Å²) in [5.41, 5.74) is 12.3. The lowest BCUT2D eigenvalue weighted by Crippen LogP contribution is -2.18. The summed E-state index contributed by atoms with van der Waals surface area (Å²) in [6.45, 7) is 2.59. The van der Waals surface area contributed by atoms with Crippen molar-refractivity contribution in [1.82, 2.24) is 5.43 Å². The predicted octanol–water partition coefficient (Wildman–Crippen LogP) is 3.92. The number of nitrogens with one attached hydrogen (secondary N) is 1. The lowest BCUT2D eigenvalue weighted by Gasteiger charge is -2.08. The molecule has 3 aromatic carbocycles. The number of ether oxygens (including phenoxy) is 1. The summed E-state index contributed by atoms with van der Waals surface area (Å²) in [5, 5.41) is 3.97. The van der Waals surface area contributed by atoms with Crippen LogP contribution in [-0.2, 0) is 6.61 Å². The zero-order valence-electron chi connectivity index (χ0n) is 15.1. The molecule has 0 atom stereocenters. The second-order valence-electron chi connectivity index (χ2n) is 6.07. The third-order valence-electron chi connectivity index (χ3n) is 4.12. The Balaban J connectivity index is 1.54. The largest absolute Gasteiger partial charge is 0.489 e. The fourth-order valence-corrected chi connectivity index (χ4v) is 2.51. The van der Waals surface area contributed by atoms with E-state index in [1.165, 1.54) is 5.56 Å². The Kier molecular flexibility index (Phi) is 5.84. The van der Waals surface area contributed by atoms with Crippen LogP contribution in [0, 0.1) is 6.92 Å². The standard InChI is InChI=1S/C22H21N3O2/c1-16-6-2-3-7-18(16)15-27-19-12-10-17(11-13-19)14-24-25-22(26)20-8-4-5-9-21(20)23/h2-14H,15,23H2,1H3,(H,25,26)/b24-14+. The molecule has 0 fully saturated rings. The van der Waals surface area contributed by atoms with E-state index in [4.69, 9.17) is 10.5 Å². The molecule has 0 aliphatic rings. The SMILES string of the molecule is Cc1ccccc1COc1ccc(/C=N/NC(=O)c2ccccc2N)cc1. The van der Waals surface area contributed by atoms with E-state index in [-0.39, 0.29) is 5.91 Å². The third kappa shape index (κ3) is 4.95. The van der Waals surface area contributed by atoms with Crippen molar-refractivity contribution in [1.29, 1.82) is 0 Å². The van der Waals surface area contributed by atoms with Crippen LogP contribution in [0.1, 0.15) is 27.0 Å². The maximum atomic E-state index is 12.0. The van der Waals surface area contributed by atoms with Crippen LogP contribution < -0.4 is 15.9 Å². The fourth-order valence-electron chi connectivity index (χ4n) is 2.51. The van der Waals surface area contributed by atoms with Gasteiger partial charge >= 0.3 is 0 Å². The minimum absolute atomic E-state index is 0.345. The second kappa shape index (κ2) is 8.67. The predicted molar refractivity (Wildman–Crippen MR) is 108 cm³/mol. The zero-order chi connectivity index (χ0) is 19.1. The summed E-state index contributed by atoms with van der Waals surface area (Å²) < 4.78 is 5.81. The number of para-hydroxylation sites is 1. The number of aryl methyl sites for hydroxylation is 1. The van der Waals surface area contributed by atoms with Gasteiger partial charge in [0.05, 0.1) is 11.8 Å². The van der Waals surface area contributed by atoms with Crippen molar-refractivity contribution in [2.45, 2.75) is 13.5 Å². The van der Waals surface area contributed by atoms with Gasteiger partial charge in [-0.3, -0.25) is 4.79 Å². The summed E-state index contributed by atoms with van der Waals surface area (Å²) in [6, 6.07) is 22.5. The van der Waals surface area contributed by atoms with E-state index in [1.807, 2.05) is 36.4 Å². The third-order valence-corrected chi connectivity index (χ3v) is 4.12. The Bertz CT molecular complexity index is 950. The van der Waals surface area contributed by atoms with Crippen molar-refractivity contribution in [3.05, 3.63) is 95.1 Å². The van der Waals surface area contributed by atoms with E-state index >= 15 is 0 Å². The Morgan fingerprint density at radius 2 is 1.74 bits per heavy atom. The maximum Gasteiger partial charge on any atom is 0.273 e. The van der Waals surface area contributed by atoms with Gasteiger partial charge in [-0.1, -0.05) is 36.4 Å². The number of hydrogen-bond donors (Lipinski definition) is 2. The van der Waals surface area contributed by atoms with Gasteiger partial charge < -0.3 is 10.5 Å². The lowest BCUT2D eigenvalue weighted by atomic mass is 10.1. The summed E-state index contributed by atoms with van der Waals surface area (Å²) >= 11 is 0. The lowest BCUT2D eigenvalue weighted by molar-refractivity contribution is 0.0956. The Morgan fingerprint density at radius 1 is 1.04 bits per heavy atom. The van der Waals surface area contributed by atoms with Crippen LogP contribution >= 0.6 is 0 Å². The molecule has 27 heavy (non-hydrogen) atoms. The number of carbonyl (C=O) groups excluding carboxylic acids is 1. The van der Waals surface area contributed by atoms with E-state index in [1.54, 1.807) is 30.5 Å². The van der Waals surface area contributed by atoms with Gasteiger partial charge in [0.25, 0.3) is 5.91 Å². The maximum absolute atomic E-state index is 12.0. The normalized spacial score (nSPS) is 10.7. The van der Waals surface area contributed by atoms with Crippen LogP contribution in [0.3, 0.4) is 0 Å². The number of hydrogen-bond acceptors (Lipinski definition) is 4. The number of amides is 1. The average Bonchev–Trinajstić information content (AvgIpc) is 2.68. The first kappa shape index (κ1) is 18.2. The molecule has 0 aromatic heterocycles. The van der Waals surface area contributed by atoms with E-state index in [2.05, 4.69) is 29.6 Å². The molecule has 0 unspecified atom stereocenters. The molecule has 0 saturated heterocycles. The molecule has 0 heterocycles. The highest BCUT2D eigenvalue weighted by atomic mass is 16.5. The molecule has 1 amide bonds. The van der Waals surface area contributed by atoms with Gasteiger partial charge in [0.15, 0.2) is 0 Å². The molecule has 0 spiro atoms. The number of benzene rings is 3. The van der Waals surface area contributed by atoms with E-state index in [9.17, 15) is 4.79 Å². The van der Waals surface area contributed by atoms with Crippen molar-refractivity contribution >= 4 is 17.8 Å². The Labute approximate surface area is 158 Å². The molecule has 0 aliphatic heterocycles. The minimum Gasteiger partial charge on any atom is -0.489 e. The van der Waals surface area contributed by atoms with Crippen LogP contribution in [0.5, 0.6) is 5.75 Å². The molecule has 0 bridgehead atoms. The summed E-state index contributed by atoms with van der Waals surface area (Å²) in [6.07, 6.45) is 1.57. The average molecular weight is 359 g/mol. The number of nitrogens with two attached hydrogens (primary N) is 1. The molecule has 0 radical (unpaired) electrons. The highest BCUT2D eigenvalue weighted by Crippen LogP contribution is 2.15. The fraction of sp³-hybridized carbons (Fsp3) is 0.0909. The number of carbonyl (C=O) groups is 1. The van der Waals surface area contributed by atoms with Crippen LogP contribution in [-0.4, -0.2) is 12.1 Å². The van der Waals surface area contributed by atoms with Crippen molar-refractivity contribution in [2.24, 2.45) is 5.10 Å². The van der Waals surface area contributed by atoms with E-state index < -0.39 is 0 Å². The minimum atomic E-state index is -0.345. The summed E-state index contributed by atoms with van der Waals surface area (Å²) in [4.78, 5) is 12.0. The topological polar surface area (TPSA) is 76.7 Å². The number of nitrogens with zero attached hydrogens (tertiary/aromatic N) is 1. The van der Waals surface area contributed by atoms with Gasteiger partial charge in [-0.05, 0) is 60.0 Å². The molecule has 3 N–H and O–H groups in total. The van der Waals surface area contributed by atoms with Crippen molar-refractivity contribution in [3.8, 4) is 5.75 Å². The first-order chi connectivity index (χ1) is 13.1. The molecular formula is C22H21N3O2. The molecule has 0 aliphatic carbocycles. The molecule has 5 heteroatoms. The number of nitrogen functional groups attached to an aromatic ring is 1. The van der Waals surface area contributed by atoms with Crippen LogP contribution in [0.4, 0.5) is 5.69 Å². The van der Waals surface area contributed by atoms with Crippen molar-refractivity contribution in [2.75, 3.05) is 5.73 Å². The number of anilines is 1. The highest BCUT2D eigenvalue weighted by Gasteiger charge is 2.06. The molecule has 3 aromatic rings. The first-order valence-corrected chi connectivity index (χ1v) is 8.59. The van der Waals surface area contributed by atoms with Gasteiger partial charge in [-0.2, -0.15) is 5.10 Å². The number of hydrazone groups is 1. The van der Waals surface area contributed by atoms with Crippen LogP contribution in [0.25, 0.3) is 0 Å². The van der Waals surface area contributed by atoms with Crippen LogP contribution in [0.2, 0.25) is 0 Å². The van der Waals surface area contributed by atoms with Gasteiger partial charge in [-0.25, -0.2) is 5.43 Å². The Hall–Kier alpha value is -3.60. The molecule has 136 valence electrons. The summed E-state index contributed by atoms with van der Waals surface area (Å²) in [5.74, 6) is 0.430. The molecule has 3 rings (SSSR count).